The van der Waals surface area contributed by atoms with E-state index in [0.29, 0.717) is 12.8 Å². The third-order valence-corrected chi connectivity index (χ3v) is 19.0. The first-order chi connectivity index (χ1) is 41.8. The second kappa shape index (κ2) is 72.1. The van der Waals surface area contributed by atoms with E-state index in [1.54, 1.807) is 0 Å². The standard InChI is InChI=1S/C75H150NO8P/c1-3-5-7-9-11-13-15-17-19-21-23-25-27-29-31-33-35-37-39-41-43-45-47-49-51-53-55-57-59-61-63-65-67-74(77)81-71-73(72-83-85(79,80)82-70-69-76)84-75(78)68-66-64-62-60-58-56-54-52-50-48-46-44-42-40-38-36-34-32-30-28-26-24-22-20-18-16-14-12-10-8-6-4-2/h73H,3-72,76H2,1-2H3,(H,79,80). The number of carbonyl (C=O) groups excluding carboxylic acids is 2. The van der Waals surface area contributed by atoms with E-state index in [-0.39, 0.29) is 32.1 Å². The molecule has 0 rings (SSSR count). The van der Waals surface area contributed by atoms with Crippen LogP contribution in [0, 0.1) is 0 Å². The van der Waals surface area contributed by atoms with Crippen molar-refractivity contribution in [2.24, 2.45) is 5.73 Å². The van der Waals surface area contributed by atoms with Gasteiger partial charge in [-0.2, -0.15) is 0 Å². The Balaban J connectivity index is 3.75. The highest BCUT2D eigenvalue weighted by atomic mass is 31.2. The van der Waals surface area contributed by atoms with Crippen molar-refractivity contribution in [3.63, 3.8) is 0 Å². The molecular formula is C75H150NO8P. The lowest BCUT2D eigenvalue weighted by Crippen LogP contribution is -2.29. The maximum absolute atomic E-state index is 12.8. The SMILES string of the molecule is CCCCCCCCCCCCCCCCCCCCCCCCCCCCCCCCCCC(=O)OCC(COP(=O)(O)OCCN)OC(=O)CCCCCCCCCCCCCCCCCCCCCCCCCCCCCCCCCC. The van der Waals surface area contributed by atoms with E-state index in [1.807, 2.05) is 0 Å². The predicted molar refractivity (Wildman–Crippen MR) is 368 cm³/mol. The van der Waals surface area contributed by atoms with Crippen LogP contribution in [0.2, 0.25) is 0 Å². The Labute approximate surface area is 530 Å². The molecule has 0 fully saturated rings. The minimum Gasteiger partial charge on any atom is -0.462 e. The predicted octanol–water partition coefficient (Wildman–Crippen LogP) is 25.3. The number of phosphoric acid groups is 1. The van der Waals surface area contributed by atoms with E-state index < -0.39 is 26.5 Å². The molecule has 0 aliphatic rings. The molecule has 0 spiro atoms. The van der Waals surface area contributed by atoms with Crippen molar-refractivity contribution in [2.45, 2.75) is 444 Å². The zero-order valence-electron chi connectivity index (χ0n) is 57.4. The summed E-state index contributed by atoms with van der Waals surface area (Å²) in [6.07, 6.45) is 86.7. The van der Waals surface area contributed by atoms with E-state index >= 15 is 0 Å². The van der Waals surface area contributed by atoms with E-state index in [9.17, 15) is 19.0 Å². The molecular weight excluding hydrogens is 1070 g/mol. The summed E-state index contributed by atoms with van der Waals surface area (Å²) in [7, 11) is -4.39. The average Bonchev–Trinajstić information content (AvgIpc) is 3.52. The largest absolute Gasteiger partial charge is 0.472 e. The number of nitrogens with two attached hydrogens (primary N) is 1. The van der Waals surface area contributed by atoms with Gasteiger partial charge in [0.1, 0.15) is 6.61 Å². The Morgan fingerprint density at radius 2 is 0.506 bits per heavy atom. The fourth-order valence-electron chi connectivity index (χ4n) is 12.3. The highest BCUT2D eigenvalue weighted by molar-refractivity contribution is 7.47. The van der Waals surface area contributed by atoms with Crippen molar-refractivity contribution in [3.05, 3.63) is 0 Å². The summed E-state index contributed by atoms with van der Waals surface area (Å²) in [5, 5.41) is 0. The molecule has 0 amide bonds. The number of phosphoric ester groups is 1. The van der Waals surface area contributed by atoms with Crippen LogP contribution in [-0.2, 0) is 32.7 Å². The third kappa shape index (κ3) is 72.0. The van der Waals surface area contributed by atoms with Crippen LogP contribution in [0.4, 0.5) is 0 Å². The number of hydrogen-bond donors (Lipinski definition) is 2. The second-order valence-electron chi connectivity index (χ2n) is 26.6. The molecule has 85 heavy (non-hydrogen) atoms. The second-order valence-corrected chi connectivity index (χ2v) is 28.1. The highest BCUT2D eigenvalue weighted by Crippen LogP contribution is 2.43. The van der Waals surface area contributed by atoms with E-state index in [4.69, 9.17) is 24.3 Å². The molecule has 0 aromatic rings. The van der Waals surface area contributed by atoms with Crippen molar-refractivity contribution >= 4 is 19.8 Å². The van der Waals surface area contributed by atoms with Crippen LogP contribution in [-0.4, -0.2) is 49.3 Å². The van der Waals surface area contributed by atoms with E-state index in [1.165, 1.54) is 372 Å². The molecule has 0 saturated carbocycles. The normalized spacial score (nSPS) is 12.8. The summed E-state index contributed by atoms with van der Waals surface area (Å²) in [6.45, 7) is 3.86. The first-order valence-electron chi connectivity index (χ1n) is 38.5. The molecule has 0 heterocycles. The van der Waals surface area contributed by atoms with Crippen molar-refractivity contribution in [1.29, 1.82) is 0 Å². The average molecular weight is 1220 g/mol. The molecule has 508 valence electrons. The first-order valence-corrected chi connectivity index (χ1v) is 40.0. The first kappa shape index (κ1) is 84.0. The van der Waals surface area contributed by atoms with Crippen LogP contribution in [0.5, 0.6) is 0 Å². The van der Waals surface area contributed by atoms with Gasteiger partial charge in [-0.15, -0.1) is 0 Å². The van der Waals surface area contributed by atoms with Crippen molar-refractivity contribution in [2.75, 3.05) is 26.4 Å². The van der Waals surface area contributed by atoms with Gasteiger partial charge in [0, 0.05) is 19.4 Å². The Morgan fingerprint density at radius 1 is 0.306 bits per heavy atom. The van der Waals surface area contributed by atoms with Gasteiger partial charge in [-0.05, 0) is 12.8 Å². The topological polar surface area (TPSA) is 134 Å². The molecule has 0 aliphatic carbocycles. The monoisotopic (exact) mass is 1220 g/mol. The molecule has 0 aliphatic heterocycles. The number of ether oxygens (including phenoxy) is 2. The maximum atomic E-state index is 12.8. The number of hydrogen-bond acceptors (Lipinski definition) is 8. The van der Waals surface area contributed by atoms with Crippen LogP contribution >= 0.6 is 7.82 Å². The van der Waals surface area contributed by atoms with Gasteiger partial charge in [0.05, 0.1) is 13.2 Å². The molecule has 0 aromatic carbocycles. The fraction of sp³-hybridized carbons (Fsp3) is 0.973. The Hall–Kier alpha value is -0.990. The third-order valence-electron chi connectivity index (χ3n) is 18.0. The zero-order valence-corrected chi connectivity index (χ0v) is 58.3. The van der Waals surface area contributed by atoms with Gasteiger partial charge in [0.15, 0.2) is 6.10 Å². The van der Waals surface area contributed by atoms with E-state index in [2.05, 4.69) is 13.8 Å². The lowest BCUT2D eigenvalue weighted by atomic mass is 10.0. The minimum atomic E-state index is -4.39. The van der Waals surface area contributed by atoms with Gasteiger partial charge in [0.25, 0.3) is 0 Å². The maximum Gasteiger partial charge on any atom is 0.472 e. The van der Waals surface area contributed by atoms with Crippen LogP contribution < -0.4 is 5.73 Å². The number of rotatable bonds is 75. The van der Waals surface area contributed by atoms with Gasteiger partial charge in [0.2, 0.25) is 0 Å². The zero-order chi connectivity index (χ0) is 61.6. The minimum absolute atomic E-state index is 0.0589. The van der Waals surface area contributed by atoms with Crippen molar-refractivity contribution < 1.29 is 37.6 Å². The van der Waals surface area contributed by atoms with Crippen LogP contribution in [0.3, 0.4) is 0 Å². The van der Waals surface area contributed by atoms with Crippen LogP contribution in [0.25, 0.3) is 0 Å². The summed E-state index contributed by atoms with van der Waals surface area (Å²) in [6, 6.07) is 0. The lowest BCUT2D eigenvalue weighted by molar-refractivity contribution is -0.161. The summed E-state index contributed by atoms with van der Waals surface area (Å²) < 4.78 is 33.3. The summed E-state index contributed by atoms with van der Waals surface area (Å²) in [5.74, 6) is -0.795. The smallest absolute Gasteiger partial charge is 0.462 e. The Morgan fingerprint density at radius 3 is 0.718 bits per heavy atom. The number of unbranched alkanes of at least 4 members (excludes halogenated alkanes) is 62. The molecule has 0 aromatic heterocycles. The molecule has 10 heteroatoms. The molecule has 0 bridgehead atoms. The van der Waals surface area contributed by atoms with Gasteiger partial charge >= 0.3 is 19.8 Å². The van der Waals surface area contributed by atoms with Crippen molar-refractivity contribution in [3.8, 4) is 0 Å². The van der Waals surface area contributed by atoms with Gasteiger partial charge in [-0.3, -0.25) is 18.6 Å². The quantitative estimate of drug-likeness (QED) is 0.0347. The summed E-state index contributed by atoms with van der Waals surface area (Å²) in [5.41, 5.74) is 5.41. The van der Waals surface area contributed by atoms with Gasteiger partial charge in [-0.1, -0.05) is 412 Å². The fourth-order valence-corrected chi connectivity index (χ4v) is 13.1. The Kier molecular flexibility index (Phi) is 71.2. The van der Waals surface area contributed by atoms with Crippen LogP contribution in [0.15, 0.2) is 0 Å². The summed E-state index contributed by atoms with van der Waals surface area (Å²) >= 11 is 0. The number of esters is 2. The van der Waals surface area contributed by atoms with Crippen molar-refractivity contribution in [1.82, 2.24) is 0 Å². The molecule has 3 N–H and O–H groups in total. The number of carbonyl (C=O) groups is 2. The summed E-state index contributed by atoms with van der Waals surface area (Å²) in [4.78, 5) is 35.4. The Bertz CT molecular complexity index is 1350. The molecule has 9 nitrogen and oxygen atoms in total. The molecule has 2 unspecified atom stereocenters. The molecule has 2 atom stereocenters. The molecule has 0 radical (unpaired) electrons. The molecule has 0 saturated heterocycles. The lowest BCUT2D eigenvalue weighted by Gasteiger charge is -2.19. The van der Waals surface area contributed by atoms with Gasteiger partial charge < -0.3 is 20.1 Å². The highest BCUT2D eigenvalue weighted by Gasteiger charge is 2.26. The van der Waals surface area contributed by atoms with Gasteiger partial charge in [-0.25, -0.2) is 4.57 Å². The van der Waals surface area contributed by atoms with Crippen LogP contribution in [0.1, 0.15) is 438 Å². The van der Waals surface area contributed by atoms with E-state index in [0.717, 1.165) is 32.1 Å².